The van der Waals surface area contributed by atoms with Gasteiger partial charge in [0.15, 0.2) is 6.10 Å². The quantitative estimate of drug-likeness (QED) is 0.667. The number of hydrogen-bond donors (Lipinski definition) is 2. The number of hydrogen-bond acceptors (Lipinski definition) is 3. The molecule has 5 heteroatoms. The van der Waals surface area contributed by atoms with Gasteiger partial charge in [0.05, 0.1) is 6.21 Å². The zero-order chi connectivity index (χ0) is 14.4. The molecule has 2 aromatic carbocycles. The molecule has 0 aliphatic carbocycles. The van der Waals surface area contributed by atoms with Crippen LogP contribution in [0, 0.1) is 0 Å². The second kappa shape index (κ2) is 6.98. The lowest BCUT2D eigenvalue weighted by atomic mass is 10.1. The van der Waals surface area contributed by atoms with E-state index in [-0.39, 0.29) is 0 Å². The largest absolute Gasteiger partial charge is 0.378 e. The van der Waals surface area contributed by atoms with Crippen molar-refractivity contribution in [3.8, 4) is 0 Å². The summed E-state index contributed by atoms with van der Waals surface area (Å²) in [6, 6.07) is 16.2. The van der Waals surface area contributed by atoms with Crippen molar-refractivity contribution in [1.29, 1.82) is 0 Å². The number of nitrogens with one attached hydrogen (secondary N) is 1. The Kier molecular flexibility index (Phi) is 5.03. The summed E-state index contributed by atoms with van der Waals surface area (Å²) in [5, 5.41) is 13.7. The standard InChI is InChI=1S/C15H13BrN2O2/c16-13-9-5-4-8-12(13)10-17-18-15(20)14(19)11-6-2-1-3-7-11/h1-10,14,19H,(H,18,20)/b17-10+. The van der Waals surface area contributed by atoms with Crippen molar-refractivity contribution in [3.05, 3.63) is 70.2 Å². The topological polar surface area (TPSA) is 61.7 Å². The Morgan fingerprint density at radius 1 is 1.15 bits per heavy atom. The number of aliphatic hydroxyl groups is 1. The van der Waals surface area contributed by atoms with E-state index in [4.69, 9.17) is 0 Å². The van der Waals surface area contributed by atoms with Crippen LogP contribution in [0.1, 0.15) is 17.2 Å². The summed E-state index contributed by atoms with van der Waals surface area (Å²) in [6.45, 7) is 0. The van der Waals surface area contributed by atoms with Gasteiger partial charge < -0.3 is 5.11 Å². The van der Waals surface area contributed by atoms with Crippen LogP contribution in [-0.2, 0) is 4.79 Å². The number of benzene rings is 2. The minimum absolute atomic E-state index is 0.529. The van der Waals surface area contributed by atoms with E-state index < -0.39 is 12.0 Å². The van der Waals surface area contributed by atoms with Crippen molar-refractivity contribution in [2.45, 2.75) is 6.10 Å². The van der Waals surface area contributed by atoms with E-state index in [2.05, 4.69) is 26.5 Å². The number of aliphatic hydroxyl groups excluding tert-OH is 1. The molecule has 0 spiro atoms. The van der Waals surface area contributed by atoms with Crippen LogP contribution >= 0.6 is 15.9 Å². The first-order valence-electron chi connectivity index (χ1n) is 5.99. The fourth-order valence-corrected chi connectivity index (χ4v) is 1.98. The number of carbonyl (C=O) groups excluding carboxylic acids is 1. The second-order valence-electron chi connectivity index (χ2n) is 4.07. The van der Waals surface area contributed by atoms with E-state index in [9.17, 15) is 9.90 Å². The smallest absolute Gasteiger partial charge is 0.273 e. The number of rotatable bonds is 4. The highest BCUT2D eigenvalue weighted by Gasteiger charge is 2.15. The van der Waals surface area contributed by atoms with Crippen LogP contribution in [-0.4, -0.2) is 17.2 Å². The third kappa shape index (κ3) is 3.76. The van der Waals surface area contributed by atoms with Crippen LogP contribution in [0.3, 0.4) is 0 Å². The first-order chi connectivity index (χ1) is 9.68. The van der Waals surface area contributed by atoms with Gasteiger partial charge >= 0.3 is 0 Å². The van der Waals surface area contributed by atoms with Crippen LogP contribution < -0.4 is 5.43 Å². The maximum Gasteiger partial charge on any atom is 0.273 e. The first kappa shape index (κ1) is 14.4. The van der Waals surface area contributed by atoms with Crippen molar-refractivity contribution in [2.75, 3.05) is 0 Å². The molecule has 0 aliphatic heterocycles. The van der Waals surface area contributed by atoms with Crippen LogP contribution in [0.15, 0.2) is 64.2 Å². The average molecular weight is 333 g/mol. The fraction of sp³-hybridized carbons (Fsp3) is 0.0667. The highest BCUT2D eigenvalue weighted by atomic mass is 79.9. The van der Waals surface area contributed by atoms with Gasteiger partial charge in [0, 0.05) is 10.0 Å². The molecule has 0 heterocycles. The van der Waals surface area contributed by atoms with Crippen molar-refractivity contribution in [1.82, 2.24) is 5.43 Å². The summed E-state index contributed by atoms with van der Waals surface area (Å²) in [4.78, 5) is 11.7. The Bertz CT molecular complexity index is 614. The number of nitrogens with zero attached hydrogens (tertiary/aromatic N) is 1. The van der Waals surface area contributed by atoms with Crippen LogP contribution in [0.4, 0.5) is 0 Å². The molecule has 0 aromatic heterocycles. The molecular formula is C15H13BrN2O2. The normalized spacial score (nSPS) is 12.3. The predicted molar refractivity (Wildman–Crippen MR) is 81.3 cm³/mol. The zero-order valence-corrected chi connectivity index (χ0v) is 12.1. The molecule has 1 unspecified atom stereocenters. The zero-order valence-electron chi connectivity index (χ0n) is 10.5. The van der Waals surface area contributed by atoms with Gasteiger partial charge in [-0.05, 0) is 11.6 Å². The molecule has 20 heavy (non-hydrogen) atoms. The van der Waals surface area contributed by atoms with Gasteiger partial charge in [0.2, 0.25) is 0 Å². The lowest BCUT2D eigenvalue weighted by molar-refractivity contribution is -0.129. The minimum Gasteiger partial charge on any atom is -0.378 e. The number of amides is 1. The summed E-state index contributed by atoms with van der Waals surface area (Å²) in [5.74, 6) is -0.570. The summed E-state index contributed by atoms with van der Waals surface area (Å²) < 4.78 is 0.876. The summed E-state index contributed by atoms with van der Waals surface area (Å²) in [6.07, 6.45) is 0.284. The van der Waals surface area contributed by atoms with Gasteiger partial charge in [-0.15, -0.1) is 0 Å². The number of halogens is 1. The molecule has 0 aliphatic rings. The lowest BCUT2D eigenvalue weighted by Gasteiger charge is -2.08. The average Bonchev–Trinajstić information content (AvgIpc) is 2.49. The highest BCUT2D eigenvalue weighted by molar-refractivity contribution is 9.10. The van der Waals surface area contributed by atoms with Crippen molar-refractivity contribution in [2.24, 2.45) is 5.10 Å². The third-order valence-corrected chi connectivity index (χ3v) is 3.37. The Labute approximate surface area is 125 Å². The molecule has 0 saturated carbocycles. The van der Waals surface area contributed by atoms with Crippen LogP contribution in [0.25, 0.3) is 0 Å². The molecule has 2 aromatic rings. The summed E-state index contributed by atoms with van der Waals surface area (Å²) in [5.41, 5.74) is 3.68. The van der Waals surface area contributed by atoms with Gasteiger partial charge in [-0.1, -0.05) is 64.5 Å². The predicted octanol–water partition coefficient (Wildman–Crippen LogP) is 2.63. The van der Waals surface area contributed by atoms with E-state index in [1.807, 2.05) is 30.3 Å². The maximum absolute atomic E-state index is 11.7. The van der Waals surface area contributed by atoms with Gasteiger partial charge in [-0.3, -0.25) is 4.79 Å². The summed E-state index contributed by atoms with van der Waals surface area (Å²) >= 11 is 3.38. The first-order valence-corrected chi connectivity index (χ1v) is 6.78. The van der Waals surface area contributed by atoms with Gasteiger partial charge in [-0.2, -0.15) is 5.10 Å². The van der Waals surface area contributed by atoms with E-state index in [1.165, 1.54) is 6.21 Å². The van der Waals surface area contributed by atoms with E-state index in [0.29, 0.717) is 5.56 Å². The molecule has 1 amide bonds. The SMILES string of the molecule is O=C(N/N=C/c1ccccc1Br)C(O)c1ccccc1. The molecule has 102 valence electrons. The molecule has 0 radical (unpaired) electrons. The fourth-order valence-electron chi connectivity index (χ4n) is 1.59. The maximum atomic E-state index is 11.7. The molecular weight excluding hydrogens is 320 g/mol. The van der Waals surface area contributed by atoms with Gasteiger partial charge in [-0.25, -0.2) is 5.43 Å². The lowest BCUT2D eigenvalue weighted by Crippen LogP contribution is -2.25. The van der Waals surface area contributed by atoms with Crippen molar-refractivity contribution in [3.63, 3.8) is 0 Å². The third-order valence-electron chi connectivity index (χ3n) is 2.65. The molecule has 0 fully saturated rings. The number of carbonyl (C=O) groups is 1. The molecule has 0 saturated heterocycles. The molecule has 2 rings (SSSR count). The monoisotopic (exact) mass is 332 g/mol. The minimum atomic E-state index is -1.23. The van der Waals surface area contributed by atoms with Crippen molar-refractivity contribution < 1.29 is 9.90 Å². The number of hydrazone groups is 1. The molecule has 4 nitrogen and oxygen atoms in total. The second-order valence-corrected chi connectivity index (χ2v) is 4.92. The van der Waals surface area contributed by atoms with Crippen LogP contribution in [0.5, 0.6) is 0 Å². The van der Waals surface area contributed by atoms with E-state index in [0.717, 1.165) is 10.0 Å². The summed E-state index contributed by atoms with van der Waals surface area (Å²) in [7, 11) is 0. The molecule has 0 bridgehead atoms. The Hall–Kier alpha value is -1.98. The van der Waals surface area contributed by atoms with Crippen LogP contribution in [0.2, 0.25) is 0 Å². The Balaban J connectivity index is 1.97. The van der Waals surface area contributed by atoms with E-state index in [1.54, 1.807) is 24.3 Å². The Morgan fingerprint density at radius 3 is 2.50 bits per heavy atom. The Morgan fingerprint density at radius 2 is 1.80 bits per heavy atom. The van der Waals surface area contributed by atoms with E-state index >= 15 is 0 Å². The van der Waals surface area contributed by atoms with Gasteiger partial charge in [0.25, 0.3) is 5.91 Å². The highest BCUT2D eigenvalue weighted by Crippen LogP contribution is 2.14. The molecule has 2 N–H and O–H groups in total. The molecule has 1 atom stereocenters. The van der Waals surface area contributed by atoms with Gasteiger partial charge in [0.1, 0.15) is 0 Å². The van der Waals surface area contributed by atoms with Crippen molar-refractivity contribution >= 4 is 28.1 Å².